The molecule has 2 rings (SSSR count). The van der Waals surface area contributed by atoms with Gasteiger partial charge in [-0.1, -0.05) is 13.8 Å². The van der Waals surface area contributed by atoms with Gasteiger partial charge >= 0.3 is 0 Å². The molecule has 2 unspecified atom stereocenters. The molecule has 0 amide bonds. The predicted molar refractivity (Wildman–Crippen MR) is 80.0 cm³/mol. The van der Waals surface area contributed by atoms with Gasteiger partial charge in [-0.2, -0.15) is 0 Å². The maximum Gasteiger partial charge on any atom is 0.0270 e. The smallest absolute Gasteiger partial charge is 0.0270 e. The van der Waals surface area contributed by atoms with Crippen LogP contribution < -0.4 is 5.73 Å². The first kappa shape index (κ1) is 14.5. The second-order valence-electron chi connectivity index (χ2n) is 6.72. The molecule has 0 aromatic carbocycles. The Hall–Kier alpha value is -0.930. The summed E-state index contributed by atoms with van der Waals surface area (Å²) in [4.78, 5) is 6.51. The molecule has 1 heterocycles. The van der Waals surface area contributed by atoms with Crippen LogP contribution >= 0.6 is 0 Å². The number of nitrogens with zero attached hydrogens (tertiary/aromatic N) is 2. The monoisotopic (exact) mass is 261 g/mol. The van der Waals surface area contributed by atoms with E-state index in [-0.39, 0.29) is 0 Å². The summed E-state index contributed by atoms with van der Waals surface area (Å²) in [6.07, 6.45) is 8.42. The Balaban J connectivity index is 1.90. The second kappa shape index (κ2) is 6.02. The van der Waals surface area contributed by atoms with Crippen molar-refractivity contribution in [1.82, 2.24) is 9.88 Å². The van der Waals surface area contributed by atoms with Crippen LogP contribution in [0.4, 0.5) is 0 Å². The fourth-order valence-electron chi connectivity index (χ4n) is 3.07. The van der Waals surface area contributed by atoms with Gasteiger partial charge in [-0.15, -0.1) is 0 Å². The minimum absolute atomic E-state index is 0.329. The maximum atomic E-state index is 6.32. The number of hydrogen-bond acceptors (Lipinski definition) is 3. The molecule has 2 N–H and O–H groups in total. The van der Waals surface area contributed by atoms with Crippen LogP contribution in [0.1, 0.15) is 38.7 Å². The molecule has 3 heteroatoms. The molecule has 3 nitrogen and oxygen atoms in total. The fraction of sp³-hybridized carbons (Fsp3) is 0.688. The van der Waals surface area contributed by atoms with E-state index in [4.69, 9.17) is 5.73 Å². The molecule has 0 radical (unpaired) electrons. The molecule has 0 aliphatic heterocycles. The van der Waals surface area contributed by atoms with E-state index in [0.717, 1.165) is 19.4 Å². The van der Waals surface area contributed by atoms with Gasteiger partial charge in [0, 0.05) is 31.0 Å². The molecular weight excluding hydrogens is 234 g/mol. The number of likely N-dealkylation sites (N-methyl/N-ethyl adjacent to an activating group) is 1. The van der Waals surface area contributed by atoms with Crippen molar-refractivity contribution < 1.29 is 0 Å². The normalized spacial score (nSPS) is 26.6. The van der Waals surface area contributed by atoms with Crippen molar-refractivity contribution in [2.45, 2.75) is 51.6 Å². The summed E-state index contributed by atoms with van der Waals surface area (Å²) in [5.74, 6) is 0. The van der Waals surface area contributed by atoms with E-state index in [2.05, 4.69) is 42.9 Å². The lowest BCUT2D eigenvalue weighted by Crippen LogP contribution is -2.52. The van der Waals surface area contributed by atoms with E-state index in [1.807, 2.05) is 12.4 Å². The molecule has 2 atom stereocenters. The van der Waals surface area contributed by atoms with Crippen LogP contribution in [-0.2, 0) is 6.42 Å². The molecular formula is C16H27N3. The van der Waals surface area contributed by atoms with Crippen LogP contribution in [0.25, 0.3) is 0 Å². The van der Waals surface area contributed by atoms with Crippen LogP contribution in [0.15, 0.2) is 24.5 Å². The van der Waals surface area contributed by atoms with Crippen LogP contribution in [0, 0.1) is 5.41 Å². The molecule has 1 saturated carbocycles. The Morgan fingerprint density at radius 3 is 2.74 bits per heavy atom. The van der Waals surface area contributed by atoms with Crippen molar-refractivity contribution in [2.75, 3.05) is 13.6 Å². The lowest BCUT2D eigenvalue weighted by atomic mass is 9.72. The van der Waals surface area contributed by atoms with E-state index in [1.54, 1.807) is 0 Å². The molecule has 106 valence electrons. The maximum absolute atomic E-state index is 6.32. The van der Waals surface area contributed by atoms with E-state index in [9.17, 15) is 0 Å². The minimum Gasteiger partial charge on any atom is -0.326 e. The molecule has 19 heavy (non-hydrogen) atoms. The fourth-order valence-corrected chi connectivity index (χ4v) is 3.07. The first-order chi connectivity index (χ1) is 8.98. The number of hydrogen-bond donors (Lipinski definition) is 1. The van der Waals surface area contributed by atoms with E-state index >= 15 is 0 Å². The molecule has 1 aromatic rings. The van der Waals surface area contributed by atoms with Crippen LogP contribution in [0.3, 0.4) is 0 Å². The average Bonchev–Trinajstić information content (AvgIpc) is 2.40. The SMILES string of the molecule is CN(CCc1ccncc1)C1CC(C)(C)CCC1N. The number of pyridine rings is 1. The summed E-state index contributed by atoms with van der Waals surface area (Å²) in [7, 11) is 2.22. The Kier molecular flexibility index (Phi) is 4.58. The summed E-state index contributed by atoms with van der Waals surface area (Å²) < 4.78 is 0. The Bertz CT molecular complexity index is 388. The first-order valence-corrected chi connectivity index (χ1v) is 7.33. The topological polar surface area (TPSA) is 42.2 Å². The van der Waals surface area contributed by atoms with Gasteiger partial charge in [-0.3, -0.25) is 4.98 Å². The first-order valence-electron chi connectivity index (χ1n) is 7.33. The third-order valence-electron chi connectivity index (χ3n) is 4.48. The largest absolute Gasteiger partial charge is 0.326 e. The number of nitrogens with two attached hydrogens (primary N) is 1. The standard InChI is InChI=1S/C16H27N3/c1-16(2)8-4-14(17)15(12-16)19(3)11-7-13-5-9-18-10-6-13/h5-6,9-10,14-15H,4,7-8,11-12,17H2,1-3H3. The van der Waals surface area contributed by atoms with Gasteiger partial charge in [0.05, 0.1) is 0 Å². The molecule has 1 aliphatic carbocycles. The highest BCUT2D eigenvalue weighted by atomic mass is 15.1. The lowest BCUT2D eigenvalue weighted by molar-refractivity contribution is 0.0971. The van der Waals surface area contributed by atoms with E-state index < -0.39 is 0 Å². The average molecular weight is 261 g/mol. The van der Waals surface area contributed by atoms with Crippen LogP contribution in [-0.4, -0.2) is 35.6 Å². The van der Waals surface area contributed by atoms with Gasteiger partial charge < -0.3 is 10.6 Å². The zero-order valence-electron chi connectivity index (χ0n) is 12.5. The van der Waals surface area contributed by atoms with Crippen molar-refractivity contribution in [3.63, 3.8) is 0 Å². The summed E-state index contributed by atoms with van der Waals surface area (Å²) in [6.45, 7) is 5.80. The van der Waals surface area contributed by atoms with Crippen molar-refractivity contribution in [3.05, 3.63) is 30.1 Å². The van der Waals surface area contributed by atoms with Gasteiger partial charge in [0.25, 0.3) is 0 Å². The minimum atomic E-state index is 0.329. The predicted octanol–water partition coefficient (Wildman–Crippen LogP) is 2.46. The summed E-state index contributed by atoms with van der Waals surface area (Å²) in [5, 5.41) is 0. The highest BCUT2D eigenvalue weighted by Crippen LogP contribution is 2.36. The van der Waals surface area contributed by atoms with Gasteiger partial charge in [-0.25, -0.2) is 0 Å². The van der Waals surface area contributed by atoms with Crippen molar-refractivity contribution in [1.29, 1.82) is 0 Å². The van der Waals surface area contributed by atoms with E-state index in [1.165, 1.54) is 18.4 Å². The number of rotatable bonds is 4. The second-order valence-corrected chi connectivity index (χ2v) is 6.72. The van der Waals surface area contributed by atoms with Gasteiger partial charge in [-0.05, 0) is 55.8 Å². The Morgan fingerprint density at radius 2 is 2.05 bits per heavy atom. The van der Waals surface area contributed by atoms with Crippen LogP contribution in [0.5, 0.6) is 0 Å². The van der Waals surface area contributed by atoms with Crippen molar-refractivity contribution in [2.24, 2.45) is 11.1 Å². The van der Waals surface area contributed by atoms with Gasteiger partial charge in [0.2, 0.25) is 0 Å². The summed E-state index contributed by atoms with van der Waals surface area (Å²) >= 11 is 0. The molecule has 0 spiro atoms. The zero-order chi connectivity index (χ0) is 13.9. The highest BCUT2D eigenvalue weighted by molar-refractivity contribution is 5.10. The Morgan fingerprint density at radius 1 is 1.37 bits per heavy atom. The van der Waals surface area contributed by atoms with Gasteiger partial charge in [0.15, 0.2) is 0 Å². The van der Waals surface area contributed by atoms with Crippen LogP contribution in [0.2, 0.25) is 0 Å². The molecule has 1 aromatic heterocycles. The summed E-state index contributed by atoms with van der Waals surface area (Å²) in [6, 6.07) is 5.04. The number of aromatic nitrogens is 1. The molecule has 0 saturated heterocycles. The Labute approximate surface area is 117 Å². The molecule has 1 fully saturated rings. The van der Waals surface area contributed by atoms with E-state index in [0.29, 0.717) is 17.5 Å². The van der Waals surface area contributed by atoms with Crippen molar-refractivity contribution in [3.8, 4) is 0 Å². The molecule has 1 aliphatic rings. The van der Waals surface area contributed by atoms with Gasteiger partial charge in [0.1, 0.15) is 0 Å². The quantitative estimate of drug-likeness (QED) is 0.905. The zero-order valence-corrected chi connectivity index (χ0v) is 12.5. The third kappa shape index (κ3) is 4.02. The highest BCUT2D eigenvalue weighted by Gasteiger charge is 2.34. The lowest BCUT2D eigenvalue weighted by Gasteiger charge is -2.43. The summed E-state index contributed by atoms with van der Waals surface area (Å²) in [5.41, 5.74) is 8.11. The molecule has 0 bridgehead atoms. The van der Waals surface area contributed by atoms with Crippen molar-refractivity contribution >= 4 is 0 Å². The third-order valence-corrected chi connectivity index (χ3v) is 4.48.